The summed E-state index contributed by atoms with van der Waals surface area (Å²) in [5.41, 5.74) is 2.92. The fourth-order valence-electron chi connectivity index (χ4n) is 3.79. The molecule has 110 valence electrons. The molecule has 1 saturated heterocycles. The summed E-state index contributed by atoms with van der Waals surface area (Å²) in [6, 6.07) is 10.3. The van der Waals surface area contributed by atoms with E-state index in [0.29, 0.717) is 0 Å². The zero-order valence-electron chi connectivity index (χ0n) is 12.8. The molecular weight excluding hydrogens is 244 g/mol. The standard InChI is InChI=1S/C18H28N2/c1-15-7-2-3-8-16(15)13-20-12-6-11-18(14-20)19-17-9-4-5-10-17/h2-3,7-8,17-19H,4-6,9-14H2,1H3. The lowest BCUT2D eigenvalue weighted by molar-refractivity contribution is 0.175. The van der Waals surface area contributed by atoms with Gasteiger partial charge in [-0.15, -0.1) is 0 Å². The molecule has 0 aromatic heterocycles. The number of nitrogens with one attached hydrogen (secondary N) is 1. The first-order valence-electron chi connectivity index (χ1n) is 8.34. The first-order valence-corrected chi connectivity index (χ1v) is 8.34. The van der Waals surface area contributed by atoms with Crippen molar-refractivity contribution in [3.63, 3.8) is 0 Å². The van der Waals surface area contributed by atoms with Gasteiger partial charge in [0.25, 0.3) is 0 Å². The Balaban J connectivity index is 1.53. The molecule has 0 radical (unpaired) electrons. The predicted molar refractivity (Wildman–Crippen MR) is 84.9 cm³/mol. The van der Waals surface area contributed by atoms with E-state index in [2.05, 4.69) is 41.4 Å². The minimum atomic E-state index is 0.718. The summed E-state index contributed by atoms with van der Waals surface area (Å²) < 4.78 is 0. The highest BCUT2D eigenvalue weighted by molar-refractivity contribution is 5.25. The number of nitrogens with zero attached hydrogens (tertiary/aromatic N) is 1. The zero-order chi connectivity index (χ0) is 13.8. The number of rotatable bonds is 4. The summed E-state index contributed by atoms with van der Waals surface area (Å²) in [6.07, 6.45) is 8.36. The average Bonchev–Trinajstić information content (AvgIpc) is 2.95. The van der Waals surface area contributed by atoms with Crippen molar-refractivity contribution in [2.75, 3.05) is 13.1 Å². The van der Waals surface area contributed by atoms with E-state index in [-0.39, 0.29) is 0 Å². The quantitative estimate of drug-likeness (QED) is 0.902. The van der Waals surface area contributed by atoms with Gasteiger partial charge in [-0.1, -0.05) is 37.1 Å². The number of likely N-dealkylation sites (tertiary alicyclic amines) is 1. The average molecular weight is 272 g/mol. The lowest BCUT2D eigenvalue weighted by Gasteiger charge is -2.35. The van der Waals surface area contributed by atoms with E-state index in [0.717, 1.165) is 18.6 Å². The normalized spacial score (nSPS) is 25.1. The van der Waals surface area contributed by atoms with Crippen LogP contribution in [0.15, 0.2) is 24.3 Å². The molecule has 0 spiro atoms. The molecule has 1 heterocycles. The van der Waals surface area contributed by atoms with Gasteiger partial charge in [0, 0.05) is 25.2 Å². The van der Waals surface area contributed by atoms with E-state index in [4.69, 9.17) is 0 Å². The van der Waals surface area contributed by atoms with Gasteiger partial charge < -0.3 is 5.32 Å². The molecule has 2 heteroatoms. The maximum Gasteiger partial charge on any atom is 0.0237 e. The third-order valence-corrected chi connectivity index (χ3v) is 4.99. The summed E-state index contributed by atoms with van der Waals surface area (Å²) in [7, 11) is 0. The molecule has 0 bridgehead atoms. The highest BCUT2D eigenvalue weighted by Gasteiger charge is 2.24. The van der Waals surface area contributed by atoms with Crippen molar-refractivity contribution >= 4 is 0 Å². The Hall–Kier alpha value is -0.860. The second-order valence-electron chi connectivity index (χ2n) is 6.65. The van der Waals surface area contributed by atoms with E-state index < -0.39 is 0 Å². The second-order valence-corrected chi connectivity index (χ2v) is 6.65. The predicted octanol–water partition coefficient (Wildman–Crippen LogP) is 3.49. The van der Waals surface area contributed by atoms with Gasteiger partial charge in [-0.25, -0.2) is 0 Å². The monoisotopic (exact) mass is 272 g/mol. The second kappa shape index (κ2) is 6.73. The van der Waals surface area contributed by atoms with Crippen LogP contribution in [0.1, 0.15) is 49.7 Å². The maximum atomic E-state index is 3.91. The Kier molecular flexibility index (Phi) is 4.74. The van der Waals surface area contributed by atoms with Gasteiger partial charge in [-0.05, 0) is 50.3 Å². The molecular formula is C18H28N2. The lowest BCUT2D eigenvalue weighted by atomic mass is 10.0. The highest BCUT2D eigenvalue weighted by atomic mass is 15.2. The minimum Gasteiger partial charge on any atom is -0.310 e. The molecule has 1 N–H and O–H groups in total. The van der Waals surface area contributed by atoms with Crippen molar-refractivity contribution in [2.45, 2.75) is 64.1 Å². The number of hydrogen-bond donors (Lipinski definition) is 1. The SMILES string of the molecule is Cc1ccccc1CN1CCCC(NC2CCCC2)C1. The van der Waals surface area contributed by atoms with Gasteiger partial charge >= 0.3 is 0 Å². The van der Waals surface area contributed by atoms with Crippen LogP contribution in [0.2, 0.25) is 0 Å². The summed E-state index contributed by atoms with van der Waals surface area (Å²) in [5, 5.41) is 3.91. The van der Waals surface area contributed by atoms with Gasteiger partial charge in [-0.2, -0.15) is 0 Å². The molecule has 1 aromatic rings. The molecule has 1 aliphatic carbocycles. The van der Waals surface area contributed by atoms with Crippen LogP contribution in [0.3, 0.4) is 0 Å². The van der Waals surface area contributed by atoms with E-state index in [1.54, 1.807) is 0 Å². The summed E-state index contributed by atoms with van der Waals surface area (Å²) in [6.45, 7) is 5.84. The van der Waals surface area contributed by atoms with Gasteiger partial charge in [0.05, 0.1) is 0 Å². The molecule has 1 atom stereocenters. The van der Waals surface area contributed by atoms with Crippen molar-refractivity contribution in [1.82, 2.24) is 10.2 Å². The Bertz CT molecular complexity index is 423. The number of benzene rings is 1. The van der Waals surface area contributed by atoms with Gasteiger partial charge in [0.15, 0.2) is 0 Å². The first-order chi connectivity index (χ1) is 9.81. The summed E-state index contributed by atoms with van der Waals surface area (Å²) in [5.74, 6) is 0. The third kappa shape index (κ3) is 3.62. The number of aryl methyl sites for hydroxylation is 1. The number of piperidine rings is 1. The number of hydrogen-bond acceptors (Lipinski definition) is 2. The van der Waals surface area contributed by atoms with E-state index in [1.807, 2.05) is 0 Å². The Morgan fingerprint density at radius 3 is 2.60 bits per heavy atom. The molecule has 1 unspecified atom stereocenters. The summed E-state index contributed by atoms with van der Waals surface area (Å²) >= 11 is 0. The van der Waals surface area contributed by atoms with Crippen molar-refractivity contribution in [3.05, 3.63) is 35.4 Å². The van der Waals surface area contributed by atoms with Gasteiger partial charge in [0.2, 0.25) is 0 Å². The van der Waals surface area contributed by atoms with Crippen molar-refractivity contribution in [2.24, 2.45) is 0 Å². The van der Waals surface area contributed by atoms with Crippen molar-refractivity contribution in [1.29, 1.82) is 0 Å². The van der Waals surface area contributed by atoms with Crippen LogP contribution in [0.5, 0.6) is 0 Å². The van der Waals surface area contributed by atoms with E-state index >= 15 is 0 Å². The van der Waals surface area contributed by atoms with Crippen LogP contribution in [0.4, 0.5) is 0 Å². The van der Waals surface area contributed by atoms with E-state index in [9.17, 15) is 0 Å². The van der Waals surface area contributed by atoms with Crippen LogP contribution in [0.25, 0.3) is 0 Å². The molecule has 3 rings (SSSR count). The smallest absolute Gasteiger partial charge is 0.0237 e. The van der Waals surface area contributed by atoms with Gasteiger partial charge in [0.1, 0.15) is 0 Å². The zero-order valence-corrected chi connectivity index (χ0v) is 12.8. The van der Waals surface area contributed by atoms with Crippen LogP contribution in [-0.2, 0) is 6.54 Å². The molecule has 1 aliphatic heterocycles. The Morgan fingerprint density at radius 2 is 1.80 bits per heavy atom. The molecule has 2 aliphatic rings. The fraction of sp³-hybridized carbons (Fsp3) is 0.667. The van der Waals surface area contributed by atoms with Gasteiger partial charge in [-0.3, -0.25) is 4.90 Å². The van der Waals surface area contributed by atoms with Crippen LogP contribution < -0.4 is 5.32 Å². The van der Waals surface area contributed by atoms with Crippen LogP contribution in [-0.4, -0.2) is 30.1 Å². The van der Waals surface area contributed by atoms with Crippen molar-refractivity contribution in [3.8, 4) is 0 Å². The first kappa shape index (κ1) is 14.1. The molecule has 1 aromatic carbocycles. The topological polar surface area (TPSA) is 15.3 Å². The fourth-order valence-corrected chi connectivity index (χ4v) is 3.79. The third-order valence-electron chi connectivity index (χ3n) is 4.99. The summed E-state index contributed by atoms with van der Waals surface area (Å²) in [4.78, 5) is 2.64. The van der Waals surface area contributed by atoms with E-state index in [1.165, 1.54) is 62.7 Å². The molecule has 1 saturated carbocycles. The lowest BCUT2D eigenvalue weighted by Crippen LogP contribution is -2.48. The molecule has 0 amide bonds. The maximum absolute atomic E-state index is 3.91. The molecule has 20 heavy (non-hydrogen) atoms. The molecule has 2 fully saturated rings. The van der Waals surface area contributed by atoms with Crippen LogP contribution in [0, 0.1) is 6.92 Å². The van der Waals surface area contributed by atoms with Crippen LogP contribution >= 0.6 is 0 Å². The Morgan fingerprint density at radius 1 is 1.05 bits per heavy atom. The highest BCUT2D eigenvalue weighted by Crippen LogP contribution is 2.21. The Labute approximate surface area is 123 Å². The van der Waals surface area contributed by atoms with Crippen molar-refractivity contribution < 1.29 is 0 Å². The molecule has 2 nitrogen and oxygen atoms in total. The minimum absolute atomic E-state index is 0.718. The largest absolute Gasteiger partial charge is 0.310 e.